The minimum atomic E-state index is 0.362. The fourth-order valence-corrected chi connectivity index (χ4v) is 3.62. The van der Waals surface area contributed by atoms with Crippen molar-refractivity contribution >= 4 is 31.9 Å². The van der Waals surface area contributed by atoms with Crippen LogP contribution >= 0.6 is 31.9 Å². The van der Waals surface area contributed by atoms with Gasteiger partial charge in [0, 0.05) is 9.30 Å². The number of benzene rings is 2. The van der Waals surface area contributed by atoms with Gasteiger partial charge in [-0.25, -0.2) is 0 Å². The molecule has 0 aliphatic heterocycles. The van der Waals surface area contributed by atoms with Gasteiger partial charge in [0.15, 0.2) is 0 Å². The third-order valence-corrected chi connectivity index (χ3v) is 5.05. The predicted octanol–water partition coefficient (Wildman–Crippen LogP) is 6.05. The number of hydrogen-bond acceptors (Lipinski definition) is 0. The number of rotatable bonds is 3. The van der Waals surface area contributed by atoms with E-state index < -0.39 is 0 Å². The van der Waals surface area contributed by atoms with E-state index in [4.69, 9.17) is 0 Å². The molecule has 100 valence electrons. The van der Waals surface area contributed by atoms with E-state index in [0.29, 0.717) is 4.83 Å². The largest absolute Gasteiger partial charge is 0.0835 e. The van der Waals surface area contributed by atoms with Gasteiger partial charge < -0.3 is 0 Å². The van der Waals surface area contributed by atoms with Crippen molar-refractivity contribution in [2.75, 3.05) is 0 Å². The minimum absolute atomic E-state index is 0.362. The van der Waals surface area contributed by atoms with Gasteiger partial charge in [-0.2, -0.15) is 0 Å². The van der Waals surface area contributed by atoms with E-state index in [-0.39, 0.29) is 0 Å². The van der Waals surface area contributed by atoms with Crippen LogP contribution in [0.2, 0.25) is 0 Å². The van der Waals surface area contributed by atoms with E-state index >= 15 is 0 Å². The van der Waals surface area contributed by atoms with E-state index in [9.17, 15) is 0 Å². The molecule has 19 heavy (non-hydrogen) atoms. The molecule has 0 saturated carbocycles. The first kappa shape index (κ1) is 14.8. The van der Waals surface area contributed by atoms with Crippen LogP contribution in [0.15, 0.2) is 40.9 Å². The molecule has 0 N–H and O–H groups in total. The highest BCUT2D eigenvalue weighted by molar-refractivity contribution is 9.10. The normalized spacial score (nSPS) is 12.5. The van der Waals surface area contributed by atoms with Gasteiger partial charge in [0.2, 0.25) is 0 Å². The van der Waals surface area contributed by atoms with Crippen molar-refractivity contribution in [2.45, 2.75) is 32.0 Å². The standard InChI is InChI=1S/C17H18Br2/c1-11-5-4-6-14(7-11)10-17(19)15-8-13(3)16(18)9-12(15)2/h4-9,17H,10H2,1-3H3. The molecule has 2 aromatic carbocycles. The van der Waals surface area contributed by atoms with Crippen molar-refractivity contribution in [3.8, 4) is 0 Å². The average molecular weight is 382 g/mol. The fraction of sp³-hybridized carbons (Fsp3) is 0.294. The molecule has 0 aliphatic rings. The molecule has 1 unspecified atom stereocenters. The summed E-state index contributed by atoms with van der Waals surface area (Å²) in [4.78, 5) is 0.362. The Morgan fingerprint density at radius 2 is 1.74 bits per heavy atom. The molecular formula is C17H18Br2. The Labute approximate surface area is 132 Å². The van der Waals surface area contributed by atoms with Crippen molar-refractivity contribution in [3.05, 3.63) is 68.7 Å². The number of hydrogen-bond donors (Lipinski definition) is 0. The Morgan fingerprint density at radius 1 is 1.00 bits per heavy atom. The first-order chi connectivity index (χ1) is 8.97. The molecule has 2 rings (SSSR count). The van der Waals surface area contributed by atoms with E-state index in [1.54, 1.807) is 0 Å². The molecule has 0 bridgehead atoms. The maximum absolute atomic E-state index is 3.84. The second kappa shape index (κ2) is 6.23. The molecule has 0 spiro atoms. The summed E-state index contributed by atoms with van der Waals surface area (Å²) in [6.07, 6.45) is 1.02. The average Bonchev–Trinajstić information content (AvgIpc) is 2.33. The Kier molecular flexibility index (Phi) is 4.86. The first-order valence-electron chi connectivity index (χ1n) is 6.43. The number of alkyl halides is 1. The SMILES string of the molecule is Cc1cccc(CC(Br)c2cc(C)c(Br)cc2C)c1. The zero-order valence-electron chi connectivity index (χ0n) is 11.5. The molecule has 0 radical (unpaired) electrons. The summed E-state index contributed by atoms with van der Waals surface area (Å²) < 4.78 is 1.18. The van der Waals surface area contributed by atoms with E-state index in [2.05, 4.69) is 89.0 Å². The van der Waals surface area contributed by atoms with Gasteiger partial charge in [-0.1, -0.05) is 67.8 Å². The molecule has 0 fully saturated rings. The maximum atomic E-state index is 3.84. The van der Waals surface area contributed by atoms with Gasteiger partial charge in [0.25, 0.3) is 0 Å². The summed E-state index contributed by atoms with van der Waals surface area (Å²) >= 11 is 7.43. The lowest BCUT2D eigenvalue weighted by molar-refractivity contribution is 0.933. The summed E-state index contributed by atoms with van der Waals surface area (Å²) in [7, 11) is 0. The molecule has 0 heterocycles. The Balaban J connectivity index is 2.25. The van der Waals surface area contributed by atoms with Gasteiger partial charge in [-0.3, -0.25) is 0 Å². The lowest BCUT2D eigenvalue weighted by Gasteiger charge is -2.15. The van der Waals surface area contributed by atoms with E-state index in [1.807, 2.05) is 0 Å². The molecule has 2 heteroatoms. The highest BCUT2D eigenvalue weighted by Crippen LogP contribution is 2.32. The quantitative estimate of drug-likeness (QED) is 0.567. The molecule has 0 aliphatic carbocycles. The second-order valence-electron chi connectivity index (χ2n) is 5.12. The van der Waals surface area contributed by atoms with Gasteiger partial charge >= 0.3 is 0 Å². The van der Waals surface area contributed by atoms with Crippen LogP contribution in [-0.2, 0) is 6.42 Å². The minimum Gasteiger partial charge on any atom is -0.0835 e. The zero-order chi connectivity index (χ0) is 14.0. The summed E-state index contributed by atoms with van der Waals surface area (Å²) in [6.45, 7) is 6.45. The van der Waals surface area contributed by atoms with E-state index in [1.165, 1.54) is 32.3 Å². The smallest absolute Gasteiger partial charge is 0.0438 e. The van der Waals surface area contributed by atoms with Gasteiger partial charge in [-0.05, 0) is 55.5 Å². The van der Waals surface area contributed by atoms with Gasteiger partial charge in [-0.15, -0.1) is 0 Å². The van der Waals surface area contributed by atoms with Crippen molar-refractivity contribution in [1.82, 2.24) is 0 Å². The third kappa shape index (κ3) is 3.70. The van der Waals surface area contributed by atoms with Crippen LogP contribution in [0.3, 0.4) is 0 Å². The third-order valence-electron chi connectivity index (χ3n) is 3.38. The topological polar surface area (TPSA) is 0 Å². The summed E-state index contributed by atoms with van der Waals surface area (Å²) in [5.41, 5.74) is 6.69. The fourth-order valence-electron chi connectivity index (χ4n) is 2.30. The molecule has 0 aromatic heterocycles. The van der Waals surface area contributed by atoms with Crippen LogP contribution in [0.5, 0.6) is 0 Å². The maximum Gasteiger partial charge on any atom is 0.0438 e. The monoisotopic (exact) mass is 380 g/mol. The second-order valence-corrected chi connectivity index (χ2v) is 7.08. The summed E-state index contributed by atoms with van der Waals surface area (Å²) in [5, 5.41) is 0. The Morgan fingerprint density at radius 3 is 2.42 bits per heavy atom. The van der Waals surface area contributed by atoms with E-state index in [0.717, 1.165) is 6.42 Å². The molecule has 0 saturated heterocycles. The van der Waals surface area contributed by atoms with Crippen molar-refractivity contribution in [3.63, 3.8) is 0 Å². The molecule has 0 amide bonds. The lowest BCUT2D eigenvalue weighted by Crippen LogP contribution is -1.99. The van der Waals surface area contributed by atoms with Crippen molar-refractivity contribution in [2.24, 2.45) is 0 Å². The summed E-state index contributed by atoms with van der Waals surface area (Å²) in [5.74, 6) is 0. The van der Waals surface area contributed by atoms with Crippen LogP contribution in [0, 0.1) is 20.8 Å². The lowest BCUT2D eigenvalue weighted by atomic mass is 9.98. The predicted molar refractivity (Wildman–Crippen MR) is 90.2 cm³/mol. The number of aryl methyl sites for hydroxylation is 3. The van der Waals surface area contributed by atoms with Crippen molar-refractivity contribution in [1.29, 1.82) is 0 Å². The van der Waals surface area contributed by atoms with Crippen LogP contribution in [-0.4, -0.2) is 0 Å². The van der Waals surface area contributed by atoms with Crippen LogP contribution < -0.4 is 0 Å². The Hall–Kier alpha value is -0.600. The van der Waals surface area contributed by atoms with Crippen molar-refractivity contribution < 1.29 is 0 Å². The Bertz CT molecular complexity index is 588. The molecule has 0 nitrogen and oxygen atoms in total. The van der Waals surface area contributed by atoms with Gasteiger partial charge in [0.1, 0.15) is 0 Å². The molecular weight excluding hydrogens is 364 g/mol. The van der Waals surface area contributed by atoms with Crippen LogP contribution in [0.1, 0.15) is 32.6 Å². The number of halogens is 2. The summed E-state index contributed by atoms with van der Waals surface area (Å²) in [6, 6.07) is 13.2. The van der Waals surface area contributed by atoms with Crippen LogP contribution in [0.25, 0.3) is 0 Å². The highest BCUT2D eigenvalue weighted by Gasteiger charge is 2.13. The molecule has 1 atom stereocenters. The molecule has 2 aromatic rings. The highest BCUT2D eigenvalue weighted by atomic mass is 79.9. The van der Waals surface area contributed by atoms with Crippen LogP contribution in [0.4, 0.5) is 0 Å². The first-order valence-corrected chi connectivity index (χ1v) is 8.14. The van der Waals surface area contributed by atoms with Gasteiger partial charge in [0.05, 0.1) is 0 Å². The zero-order valence-corrected chi connectivity index (χ0v) is 14.7.